The van der Waals surface area contributed by atoms with E-state index in [1.54, 1.807) is 24.8 Å². The average Bonchev–Trinajstić information content (AvgIpc) is 2.75. The predicted molar refractivity (Wildman–Crippen MR) is 114 cm³/mol. The molecule has 150 valence electrons. The lowest BCUT2D eigenvalue weighted by atomic mass is 10.3. The highest BCUT2D eigenvalue weighted by Crippen LogP contribution is 1.88. The normalized spacial score (nSPS) is 7.44. The third kappa shape index (κ3) is 23.2. The molecule has 3 aromatic heterocycles. The van der Waals surface area contributed by atoms with Crippen LogP contribution in [0.5, 0.6) is 0 Å². The Kier molecular flexibility index (Phi) is 27.4. The van der Waals surface area contributed by atoms with Crippen molar-refractivity contribution in [2.24, 2.45) is 0 Å². The van der Waals surface area contributed by atoms with Crippen LogP contribution in [0.25, 0.3) is 0 Å². The molecular weight excluding hydrogens is 336 g/mol. The Bertz CT molecular complexity index is 500. The lowest BCUT2D eigenvalue weighted by molar-refractivity contribution is 0.974. The minimum atomic E-state index is 0.759. The zero-order chi connectivity index (χ0) is 21.3. The average molecular weight is 373 g/mol. The fraction of sp³-hybridized carbons (Fsp3) is 0.429. The Balaban J connectivity index is -0.000000281. The van der Waals surface area contributed by atoms with Gasteiger partial charge >= 0.3 is 0 Å². The van der Waals surface area contributed by atoms with Crippen LogP contribution in [0.15, 0.2) is 55.6 Å². The van der Waals surface area contributed by atoms with Gasteiger partial charge in [0.25, 0.3) is 0 Å². The third-order valence-corrected chi connectivity index (χ3v) is 2.20. The maximum Gasteiger partial charge on any atom is 0.128 e. The van der Waals surface area contributed by atoms with E-state index < -0.39 is 0 Å². The quantitative estimate of drug-likeness (QED) is 0.523. The van der Waals surface area contributed by atoms with Crippen LogP contribution in [0.3, 0.4) is 0 Å². The van der Waals surface area contributed by atoms with Crippen LogP contribution in [0.2, 0.25) is 0 Å². The van der Waals surface area contributed by atoms with Gasteiger partial charge in [0.15, 0.2) is 0 Å². The van der Waals surface area contributed by atoms with Crippen molar-refractivity contribution in [3.8, 4) is 0 Å². The van der Waals surface area contributed by atoms with Gasteiger partial charge in [-0.25, -0.2) is 15.0 Å². The van der Waals surface area contributed by atoms with E-state index in [0.717, 1.165) is 11.4 Å². The van der Waals surface area contributed by atoms with Crippen molar-refractivity contribution >= 4 is 0 Å². The van der Waals surface area contributed by atoms with E-state index in [0.29, 0.717) is 0 Å². The topological polar surface area (TPSA) is 77.3 Å². The van der Waals surface area contributed by atoms with Gasteiger partial charge in [-0.3, -0.25) is 4.98 Å². The van der Waals surface area contributed by atoms with Gasteiger partial charge in [-0.15, -0.1) is 0 Å². The Hall–Kier alpha value is -2.76. The van der Waals surface area contributed by atoms with E-state index in [4.69, 9.17) is 0 Å². The Morgan fingerprint density at radius 1 is 0.556 bits per heavy atom. The molecule has 0 unspecified atom stereocenters. The number of pyridine rings is 1. The molecule has 0 bridgehead atoms. The molecule has 0 saturated heterocycles. The summed E-state index contributed by atoms with van der Waals surface area (Å²) in [6.45, 7) is 17.8. The minimum absolute atomic E-state index is 0.759. The summed E-state index contributed by atoms with van der Waals surface area (Å²) in [4.78, 5) is 15.0. The van der Waals surface area contributed by atoms with Crippen LogP contribution in [-0.4, -0.2) is 30.1 Å². The van der Waals surface area contributed by atoms with Gasteiger partial charge in [-0.2, -0.15) is 10.2 Å². The van der Waals surface area contributed by atoms with Crippen molar-refractivity contribution in [3.05, 3.63) is 72.6 Å². The van der Waals surface area contributed by atoms with Crippen LogP contribution in [0, 0.1) is 20.8 Å². The molecule has 6 nitrogen and oxygen atoms in total. The first-order valence-corrected chi connectivity index (χ1v) is 9.37. The summed E-state index contributed by atoms with van der Waals surface area (Å²) in [7, 11) is 0. The largest absolute Gasteiger partial charge is 0.265 e. The fourth-order valence-corrected chi connectivity index (χ4v) is 1.08. The van der Waals surface area contributed by atoms with E-state index in [1.165, 1.54) is 18.2 Å². The Labute approximate surface area is 165 Å². The maximum atomic E-state index is 3.85. The van der Waals surface area contributed by atoms with Gasteiger partial charge in [0.2, 0.25) is 0 Å². The first kappa shape index (κ1) is 29.0. The zero-order valence-electron chi connectivity index (χ0n) is 18.4. The molecule has 0 atom stereocenters. The number of hydrogen-bond acceptors (Lipinski definition) is 6. The first-order chi connectivity index (χ1) is 13.2. The summed E-state index contributed by atoms with van der Waals surface area (Å²) >= 11 is 0. The summed E-state index contributed by atoms with van der Waals surface area (Å²) in [5.74, 6) is 0.759. The lowest BCUT2D eigenvalue weighted by Crippen LogP contribution is -1.84. The van der Waals surface area contributed by atoms with Crippen LogP contribution < -0.4 is 0 Å². The number of aryl methyl sites for hydroxylation is 3. The second-order valence-electron chi connectivity index (χ2n) is 4.13. The monoisotopic (exact) mass is 372 g/mol. The highest BCUT2D eigenvalue weighted by molar-refractivity contribution is 5.05. The Morgan fingerprint density at radius 2 is 1.04 bits per heavy atom. The molecule has 3 aromatic rings. The lowest BCUT2D eigenvalue weighted by Gasteiger charge is -1.82. The van der Waals surface area contributed by atoms with E-state index >= 15 is 0 Å². The summed E-state index contributed by atoms with van der Waals surface area (Å²) in [5, 5.41) is 7.23. The highest BCUT2D eigenvalue weighted by Gasteiger charge is 1.76. The molecule has 0 radical (unpaired) electrons. The molecule has 0 aliphatic heterocycles. The van der Waals surface area contributed by atoms with Crippen molar-refractivity contribution in [1.82, 2.24) is 30.1 Å². The van der Waals surface area contributed by atoms with Crippen molar-refractivity contribution in [2.75, 3.05) is 0 Å². The molecule has 0 aromatic carbocycles. The molecule has 0 N–H and O–H groups in total. The summed E-state index contributed by atoms with van der Waals surface area (Å²) < 4.78 is 0. The number of rotatable bonds is 0. The molecule has 0 amide bonds. The van der Waals surface area contributed by atoms with Gasteiger partial charge < -0.3 is 0 Å². The SMILES string of the molecule is CC.CC.CC.Cc1ccncc1.Cc1ccnnc1.Cc1ncncn1. The molecule has 3 heterocycles. The van der Waals surface area contributed by atoms with Gasteiger partial charge in [-0.1, -0.05) is 41.5 Å². The summed E-state index contributed by atoms with van der Waals surface area (Å²) in [6.07, 6.45) is 9.92. The standard InChI is InChI=1S/C6H7N.C5H6N2.C4H5N3.3C2H6/c1-6-2-4-7-5-3-6;1-5-2-3-6-7-4-5;1-4-6-2-5-3-7-4;3*1-2/h2-5H,1H3;2-4H,1H3;2-3H,1H3;3*1-2H3. The highest BCUT2D eigenvalue weighted by atomic mass is 15.1. The fourth-order valence-electron chi connectivity index (χ4n) is 1.08. The van der Waals surface area contributed by atoms with Crippen molar-refractivity contribution in [1.29, 1.82) is 0 Å². The van der Waals surface area contributed by atoms with Crippen molar-refractivity contribution in [3.63, 3.8) is 0 Å². The second kappa shape index (κ2) is 25.5. The van der Waals surface area contributed by atoms with Crippen LogP contribution in [-0.2, 0) is 0 Å². The second-order valence-corrected chi connectivity index (χ2v) is 4.13. The molecule has 0 aliphatic rings. The molecular formula is C21H36N6. The number of hydrogen-bond donors (Lipinski definition) is 0. The number of aromatic nitrogens is 6. The van der Waals surface area contributed by atoms with E-state index in [2.05, 4.69) is 30.1 Å². The molecule has 0 fully saturated rings. The summed E-state index contributed by atoms with van der Waals surface area (Å²) in [5.41, 5.74) is 2.41. The van der Waals surface area contributed by atoms with Crippen LogP contribution >= 0.6 is 0 Å². The van der Waals surface area contributed by atoms with Gasteiger partial charge in [0.05, 0.1) is 6.20 Å². The van der Waals surface area contributed by atoms with Crippen molar-refractivity contribution < 1.29 is 0 Å². The summed E-state index contributed by atoms with van der Waals surface area (Å²) in [6, 6.07) is 5.85. The smallest absolute Gasteiger partial charge is 0.128 e. The number of nitrogens with zero attached hydrogens (tertiary/aromatic N) is 6. The van der Waals surface area contributed by atoms with Crippen LogP contribution in [0.4, 0.5) is 0 Å². The van der Waals surface area contributed by atoms with E-state index in [-0.39, 0.29) is 0 Å². The van der Waals surface area contributed by atoms with E-state index in [1.807, 2.05) is 80.5 Å². The van der Waals surface area contributed by atoms with Crippen LogP contribution in [0.1, 0.15) is 58.5 Å². The van der Waals surface area contributed by atoms with E-state index in [9.17, 15) is 0 Å². The predicted octanol–water partition coefficient (Wildman–Crippen LogP) is 5.43. The molecule has 0 spiro atoms. The van der Waals surface area contributed by atoms with Crippen molar-refractivity contribution in [2.45, 2.75) is 62.3 Å². The molecule has 0 saturated carbocycles. The molecule has 0 aliphatic carbocycles. The molecule has 6 heteroatoms. The molecule has 3 rings (SSSR count). The van der Waals surface area contributed by atoms with Gasteiger partial charge in [0.1, 0.15) is 18.5 Å². The first-order valence-electron chi connectivity index (χ1n) is 9.37. The third-order valence-electron chi connectivity index (χ3n) is 2.20. The van der Waals surface area contributed by atoms with Gasteiger partial charge in [-0.05, 0) is 50.1 Å². The maximum absolute atomic E-state index is 3.85. The van der Waals surface area contributed by atoms with Gasteiger partial charge in [0, 0.05) is 18.6 Å². The Morgan fingerprint density at radius 3 is 1.26 bits per heavy atom. The molecule has 27 heavy (non-hydrogen) atoms. The minimum Gasteiger partial charge on any atom is -0.265 e. The zero-order valence-corrected chi connectivity index (χ0v) is 18.4.